The van der Waals surface area contributed by atoms with Crippen molar-refractivity contribution in [2.75, 3.05) is 19.3 Å². The smallest absolute Gasteiger partial charge is 0.251 e. The van der Waals surface area contributed by atoms with Crippen molar-refractivity contribution in [1.29, 1.82) is 0 Å². The lowest BCUT2D eigenvalue weighted by molar-refractivity contribution is -0.129. The van der Waals surface area contributed by atoms with Gasteiger partial charge in [0.25, 0.3) is 5.91 Å². The number of nitrogens with two attached hydrogens (primary N) is 1. The molecule has 2 rings (SSSR count). The topological polar surface area (TPSA) is 88.3 Å². The van der Waals surface area contributed by atoms with Crippen LogP contribution in [-0.4, -0.2) is 35.3 Å². The third-order valence-corrected chi connectivity index (χ3v) is 3.52. The molecule has 2 amide bonds. The fourth-order valence-corrected chi connectivity index (χ4v) is 2.22. The third kappa shape index (κ3) is 4.28. The number of hydrogen-bond donors (Lipinski definition) is 2. The first-order valence-corrected chi connectivity index (χ1v) is 7.25. The minimum absolute atomic E-state index is 0.0517. The maximum absolute atomic E-state index is 11.9. The van der Waals surface area contributed by atoms with E-state index in [-0.39, 0.29) is 18.4 Å². The molecule has 110 valence electrons. The van der Waals surface area contributed by atoms with Crippen molar-refractivity contribution in [3.05, 3.63) is 46.4 Å². The van der Waals surface area contributed by atoms with E-state index >= 15 is 0 Å². The predicted molar refractivity (Wildman–Crippen MR) is 81.8 cm³/mol. The second-order valence-electron chi connectivity index (χ2n) is 4.53. The van der Waals surface area contributed by atoms with Crippen molar-refractivity contribution in [3.8, 4) is 0 Å². The summed E-state index contributed by atoms with van der Waals surface area (Å²) in [7, 11) is 1.68. The molecule has 0 atom stereocenters. The number of thiazole rings is 1. The van der Waals surface area contributed by atoms with E-state index in [4.69, 9.17) is 5.73 Å². The van der Waals surface area contributed by atoms with Gasteiger partial charge < -0.3 is 16.0 Å². The summed E-state index contributed by atoms with van der Waals surface area (Å²) >= 11 is 1.48. The number of nitrogen functional groups attached to an aromatic ring is 1. The Balaban J connectivity index is 1.83. The quantitative estimate of drug-likeness (QED) is 0.810. The Morgan fingerprint density at radius 3 is 2.67 bits per heavy atom. The number of nitrogens with one attached hydrogen (secondary N) is 1. The van der Waals surface area contributed by atoms with Gasteiger partial charge in [0.1, 0.15) is 0 Å². The Morgan fingerprint density at radius 2 is 2.05 bits per heavy atom. The van der Waals surface area contributed by atoms with Crippen LogP contribution in [0.3, 0.4) is 0 Å². The van der Waals surface area contributed by atoms with Crippen LogP contribution in [0.5, 0.6) is 0 Å². The van der Waals surface area contributed by atoms with Crippen LogP contribution in [0.1, 0.15) is 16.1 Å². The number of anilines is 1. The fourth-order valence-electron chi connectivity index (χ4n) is 1.67. The molecule has 0 fully saturated rings. The molecule has 0 saturated heterocycles. The summed E-state index contributed by atoms with van der Waals surface area (Å²) in [5.41, 5.74) is 9.17. The number of carbonyl (C=O) groups is 2. The number of likely N-dealkylation sites (N-methyl/N-ethyl adjacent to an activating group) is 1. The van der Waals surface area contributed by atoms with Crippen LogP contribution in [0.15, 0.2) is 35.2 Å². The lowest BCUT2D eigenvalue weighted by Crippen LogP contribution is -2.37. The summed E-state index contributed by atoms with van der Waals surface area (Å²) in [6.07, 6.45) is 0. The first-order chi connectivity index (χ1) is 10.1. The Bertz CT molecular complexity index is 610. The average Bonchev–Trinajstić information content (AvgIpc) is 2.98. The molecule has 0 unspecified atom stereocenters. The van der Waals surface area contributed by atoms with Crippen LogP contribution < -0.4 is 11.1 Å². The summed E-state index contributed by atoms with van der Waals surface area (Å²) in [6, 6.07) is 6.53. The molecule has 1 aromatic carbocycles. The lowest BCUT2D eigenvalue weighted by atomic mass is 10.2. The van der Waals surface area contributed by atoms with E-state index in [0.717, 1.165) is 5.69 Å². The zero-order valence-electron chi connectivity index (χ0n) is 11.6. The molecule has 0 aliphatic heterocycles. The van der Waals surface area contributed by atoms with Gasteiger partial charge in [-0.05, 0) is 24.3 Å². The van der Waals surface area contributed by atoms with E-state index in [9.17, 15) is 9.59 Å². The summed E-state index contributed by atoms with van der Waals surface area (Å²) in [4.78, 5) is 29.4. The maximum Gasteiger partial charge on any atom is 0.251 e. The Morgan fingerprint density at radius 1 is 1.33 bits per heavy atom. The molecular weight excluding hydrogens is 288 g/mol. The number of amides is 2. The van der Waals surface area contributed by atoms with Gasteiger partial charge in [-0.25, -0.2) is 4.98 Å². The van der Waals surface area contributed by atoms with Gasteiger partial charge in [-0.2, -0.15) is 0 Å². The molecule has 6 nitrogen and oxygen atoms in total. The zero-order valence-corrected chi connectivity index (χ0v) is 12.4. The average molecular weight is 304 g/mol. The van der Waals surface area contributed by atoms with Gasteiger partial charge in [0, 0.05) is 23.7 Å². The predicted octanol–water partition coefficient (Wildman–Crippen LogP) is 1.11. The van der Waals surface area contributed by atoms with Crippen LogP contribution in [-0.2, 0) is 11.3 Å². The fraction of sp³-hybridized carbons (Fsp3) is 0.214. The number of aromatic nitrogens is 1. The van der Waals surface area contributed by atoms with Crippen LogP contribution >= 0.6 is 11.3 Å². The van der Waals surface area contributed by atoms with E-state index in [1.54, 1.807) is 36.8 Å². The molecule has 3 N–H and O–H groups in total. The van der Waals surface area contributed by atoms with Gasteiger partial charge in [-0.1, -0.05) is 0 Å². The Hall–Kier alpha value is -2.41. The minimum Gasteiger partial charge on any atom is -0.399 e. The number of benzene rings is 1. The van der Waals surface area contributed by atoms with E-state index in [0.29, 0.717) is 17.8 Å². The first-order valence-electron chi connectivity index (χ1n) is 6.31. The molecule has 1 heterocycles. The lowest BCUT2D eigenvalue weighted by Gasteiger charge is -2.16. The Kier molecular flexibility index (Phi) is 4.89. The number of rotatable bonds is 5. The van der Waals surface area contributed by atoms with Gasteiger partial charge in [0.15, 0.2) is 0 Å². The summed E-state index contributed by atoms with van der Waals surface area (Å²) < 4.78 is 0. The molecule has 0 saturated carbocycles. The van der Waals surface area contributed by atoms with Crippen molar-refractivity contribution in [2.45, 2.75) is 6.54 Å². The molecule has 0 aliphatic carbocycles. The highest BCUT2D eigenvalue weighted by molar-refractivity contribution is 7.07. The third-order valence-electron chi connectivity index (χ3n) is 2.88. The highest BCUT2D eigenvalue weighted by atomic mass is 32.1. The van der Waals surface area contributed by atoms with Crippen molar-refractivity contribution in [1.82, 2.24) is 15.2 Å². The van der Waals surface area contributed by atoms with E-state index in [2.05, 4.69) is 10.3 Å². The SMILES string of the molecule is CN(Cc1cscn1)C(=O)CNC(=O)c1ccc(N)cc1. The van der Waals surface area contributed by atoms with Gasteiger partial charge in [-0.15, -0.1) is 11.3 Å². The minimum atomic E-state index is -0.301. The monoisotopic (exact) mass is 304 g/mol. The number of nitrogens with zero attached hydrogens (tertiary/aromatic N) is 2. The molecule has 0 bridgehead atoms. The van der Waals surface area contributed by atoms with Gasteiger partial charge in [0.05, 0.1) is 24.3 Å². The molecule has 0 radical (unpaired) electrons. The van der Waals surface area contributed by atoms with E-state index < -0.39 is 0 Å². The molecule has 21 heavy (non-hydrogen) atoms. The zero-order chi connectivity index (χ0) is 15.2. The number of hydrogen-bond acceptors (Lipinski definition) is 5. The van der Waals surface area contributed by atoms with E-state index in [1.165, 1.54) is 16.2 Å². The van der Waals surface area contributed by atoms with Crippen molar-refractivity contribution in [2.24, 2.45) is 0 Å². The summed E-state index contributed by atoms with van der Waals surface area (Å²) in [5, 5.41) is 4.48. The summed E-state index contributed by atoms with van der Waals surface area (Å²) in [6.45, 7) is 0.379. The van der Waals surface area contributed by atoms with Crippen molar-refractivity contribution in [3.63, 3.8) is 0 Å². The van der Waals surface area contributed by atoms with Crippen LogP contribution in [0.2, 0.25) is 0 Å². The molecule has 0 aliphatic rings. The van der Waals surface area contributed by atoms with Gasteiger partial charge >= 0.3 is 0 Å². The standard InChI is InChI=1S/C14H16N4O2S/c1-18(7-12-8-21-9-17-12)13(19)6-16-14(20)10-2-4-11(15)5-3-10/h2-5,8-9H,6-7,15H2,1H3,(H,16,20). The maximum atomic E-state index is 11.9. The number of carbonyl (C=O) groups excluding carboxylic acids is 2. The highest BCUT2D eigenvalue weighted by Gasteiger charge is 2.12. The van der Waals surface area contributed by atoms with Gasteiger partial charge in [0.2, 0.25) is 5.91 Å². The van der Waals surface area contributed by atoms with Crippen molar-refractivity contribution >= 4 is 28.8 Å². The largest absolute Gasteiger partial charge is 0.399 e. The van der Waals surface area contributed by atoms with Crippen LogP contribution in [0, 0.1) is 0 Å². The molecular formula is C14H16N4O2S. The molecule has 7 heteroatoms. The second kappa shape index (κ2) is 6.85. The second-order valence-corrected chi connectivity index (χ2v) is 5.25. The normalized spacial score (nSPS) is 10.1. The van der Waals surface area contributed by atoms with Crippen molar-refractivity contribution < 1.29 is 9.59 Å². The van der Waals surface area contributed by atoms with Crippen LogP contribution in [0.25, 0.3) is 0 Å². The first kappa shape index (κ1) is 15.0. The van der Waals surface area contributed by atoms with Crippen LogP contribution in [0.4, 0.5) is 5.69 Å². The summed E-state index contributed by atoms with van der Waals surface area (Å²) in [5.74, 6) is -0.475. The highest BCUT2D eigenvalue weighted by Crippen LogP contribution is 2.06. The molecule has 1 aromatic heterocycles. The van der Waals surface area contributed by atoms with E-state index in [1.807, 2.05) is 5.38 Å². The Labute approximate surface area is 126 Å². The molecule has 2 aromatic rings. The van der Waals surface area contributed by atoms with Gasteiger partial charge in [-0.3, -0.25) is 9.59 Å². The molecule has 0 spiro atoms.